The zero-order chi connectivity index (χ0) is 15.2. The number of aromatic nitrogens is 1. The number of carbonyl (C=O) groups is 1. The van der Waals surface area contributed by atoms with Gasteiger partial charge in [-0.2, -0.15) is 16.4 Å². The SMILES string of the molecule is O=C(Cc1csc(N2CCOCC2)n1)N/N=C\c1ccsc1. The van der Waals surface area contributed by atoms with Crippen LogP contribution in [0.1, 0.15) is 11.3 Å². The minimum atomic E-state index is -0.162. The average molecular weight is 336 g/mol. The molecular weight excluding hydrogens is 320 g/mol. The summed E-state index contributed by atoms with van der Waals surface area (Å²) in [5.41, 5.74) is 4.28. The van der Waals surface area contributed by atoms with Crippen molar-refractivity contribution in [1.29, 1.82) is 0 Å². The van der Waals surface area contributed by atoms with Crippen LogP contribution in [0.5, 0.6) is 0 Å². The summed E-state index contributed by atoms with van der Waals surface area (Å²) < 4.78 is 5.32. The molecule has 3 heterocycles. The minimum absolute atomic E-state index is 0.162. The maximum atomic E-state index is 11.8. The van der Waals surface area contributed by atoms with Gasteiger partial charge in [-0.05, 0) is 16.8 Å². The number of hydrazone groups is 1. The van der Waals surface area contributed by atoms with Crippen LogP contribution >= 0.6 is 22.7 Å². The molecule has 2 aromatic heterocycles. The van der Waals surface area contributed by atoms with E-state index in [1.165, 1.54) is 0 Å². The second-order valence-electron chi connectivity index (χ2n) is 4.75. The summed E-state index contributed by atoms with van der Waals surface area (Å²) in [5.74, 6) is -0.162. The van der Waals surface area contributed by atoms with Crippen LogP contribution in [0.4, 0.5) is 5.13 Å². The van der Waals surface area contributed by atoms with Crippen molar-refractivity contribution in [2.45, 2.75) is 6.42 Å². The highest BCUT2D eigenvalue weighted by atomic mass is 32.1. The van der Waals surface area contributed by atoms with Gasteiger partial charge in [0.2, 0.25) is 5.91 Å². The van der Waals surface area contributed by atoms with E-state index >= 15 is 0 Å². The van der Waals surface area contributed by atoms with E-state index in [-0.39, 0.29) is 12.3 Å². The van der Waals surface area contributed by atoms with Gasteiger partial charge in [0.1, 0.15) is 0 Å². The van der Waals surface area contributed by atoms with Crippen LogP contribution in [-0.4, -0.2) is 43.4 Å². The lowest BCUT2D eigenvalue weighted by atomic mass is 10.3. The monoisotopic (exact) mass is 336 g/mol. The highest BCUT2D eigenvalue weighted by molar-refractivity contribution is 7.13. The maximum Gasteiger partial charge on any atom is 0.246 e. The number of nitrogens with zero attached hydrogens (tertiary/aromatic N) is 3. The van der Waals surface area contributed by atoms with Crippen LogP contribution in [0.25, 0.3) is 0 Å². The number of hydrogen-bond acceptors (Lipinski definition) is 7. The van der Waals surface area contributed by atoms with Crippen molar-refractivity contribution in [2.24, 2.45) is 5.10 Å². The maximum absolute atomic E-state index is 11.8. The standard InChI is InChI=1S/C14H16N4O2S2/c19-13(17-15-8-11-1-6-21-9-11)7-12-10-22-14(16-12)18-2-4-20-5-3-18/h1,6,8-10H,2-5,7H2,(H,17,19)/b15-8-. The molecule has 3 rings (SSSR count). The molecule has 0 bridgehead atoms. The van der Waals surface area contributed by atoms with Crippen molar-refractivity contribution in [3.63, 3.8) is 0 Å². The normalized spacial score (nSPS) is 15.4. The molecule has 0 aliphatic carbocycles. The molecule has 0 radical (unpaired) electrons. The van der Waals surface area contributed by atoms with E-state index in [4.69, 9.17) is 4.74 Å². The number of thiazole rings is 1. The number of carbonyl (C=O) groups excluding carboxylic acids is 1. The summed E-state index contributed by atoms with van der Waals surface area (Å²) in [6.07, 6.45) is 1.87. The van der Waals surface area contributed by atoms with Crippen LogP contribution in [-0.2, 0) is 16.0 Å². The third kappa shape index (κ3) is 4.12. The number of ether oxygens (including phenoxy) is 1. The van der Waals surface area contributed by atoms with Crippen molar-refractivity contribution in [3.8, 4) is 0 Å². The number of hydrogen-bond donors (Lipinski definition) is 1. The van der Waals surface area contributed by atoms with E-state index in [0.717, 1.165) is 42.7 Å². The summed E-state index contributed by atoms with van der Waals surface area (Å²) in [4.78, 5) is 18.5. The summed E-state index contributed by atoms with van der Waals surface area (Å²) in [7, 11) is 0. The number of nitrogens with one attached hydrogen (secondary N) is 1. The van der Waals surface area contributed by atoms with Crippen LogP contribution in [0.15, 0.2) is 27.3 Å². The Kier molecular flexibility index (Phi) is 5.15. The molecule has 0 saturated carbocycles. The summed E-state index contributed by atoms with van der Waals surface area (Å²) in [6.45, 7) is 3.16. The largest absolute Gasteiger partial charge is 0.378 e. The molecule has 1 saturated heterocycles. The highest BCUT2D eigenvalue weighted by Gasteiger charge is 2.15. The highest BCUT2D eigenvalue weighted by Crippen LogP contribution is 2.21. The molecule has 1 amide bonds. The molecule has 116 valence electrons. The second kappa shape index (κ2) is 7.48. The first-order chi connectivity index (χ1) is 10.8. The first-order valence-corrected chi connectivity index (χ1v) is 8.75. The zero-order valence-corrected chi connectivity index (χ0v) is 13.5. The first-order valence-electron chi connectivity index (χ1n) is 6.92. The average Bonchev–Trinajstić information content (AvgIpc) is 3.20. The van der Waals surface area contributed by atoms with Gasteiger partial charge in [0.05, 0.1) is 31.5 Å². The minimum Gasteiger partial charge on any atom is -0.378 e. The quantitative estimate of drug-likeness (QED) is 0.667. The zero-order valence-electron chi connectivity index (χ0n) is 11.9. The van der Waals surface area contributed by atoms with Crippen LogP contribution in [0, 0.1) is 0 Å². The van der Waals surface area contributed by atoms with Crippen molar-refractivity contribution in [3.05, 3.63) is 33.5 Å². The van der Waals surface area contributed by atoms with Gasteiger partial charge in [-0.1, -0.05) is 0 Å². The molecule has 0 unspecified atom stereocenters. The van der Waals surface area contributed by atoms with Crippen molar-refractivity contribution in [1.82, 2.24) is 10.4 Å². The number of rotatable bonds is 5. The van der Waals surface area contributed by atoms with Gasteiger partial charge in [0.25, 0.3) is 0 Å². The third-order valence-electron chi connectivity index (χ3n) is 3.11. The number of amides is 1. The molecule has 0 atom stereocenters. The lowest BCUT2D eigenvalue weighted by Gasteiger charge is -2.26. The van der Waals surface area contributed by atoms with Crippen LogP contribution in [0.3, 0.4) is 0 Å². The van der Waals surface area contributed by atoms with Crippen LogP contribution < -0.4 is 10.3 Å². The Morgan fingerprint density at radius 2 is 2.32 bits per heavy atom. The Morgan fingerprint density at radius 1 is 1.45 bits per heavy atom. The molecule has 8 heteroatoms. The van der Waals surface area contributed by atoms with Crippen LogP contribution in [0.2, 0.25) is 0 Å². The fourth-order valence-electron chi connectivity index (χ4n) is 2.01. The van der Waals surface area contributed by atoms with E-state index in [1.807, 2.05) is 22.2 Å². The van der Waals surface area contributed by atoms with Gasteiger partial charge < -0.3 is 9.64 Å². The topological polar surface area (TPSA) is 66.8 Å². The lowest BCUT2D eigenvalue weighted by molar-refractivity contribution is -0.120. The van der Waals surface area contributed by atoms with E-state index in [1.54, 1.807) is 28.9 Å². The van der Waals surface area contributed by atoms with Gasteiger partial charge in [-0.3, -0.25) is 4.79 Å². The van der Waals surface area contributed by atoms with E-state index in [2.05, 4.69) is 20.4 Å². The van der Waals surface area contributed by atoms with Crippen molar-refractivity contribution in [2.75, 3.05) is 31.2 Å². The molecular formula is C14H16N4O2S2. The molecule has 1 N–H and O–H groups in total. The van der Waals surface area contributed by atoms with Gasteiger partial charge >= 0.3 is 0 Å². The summed E-state index contributed by atoms with van der Waals surface area (Å²) >= 11 is 3.15. The third-order valence-corrected chi connectivity index (χ3v) is 4.76. The molecule has 2 aromatic rings. The van der Waals surface area contributed by atoms with Gasteiger partial charge in [-0.25, -0.2) is 10.4 Å². The Hall–Kier alpha value is -1.77. The summed E-state index contributed by atoms with van der Waals surface area (Å²) in [5, 5.41) is 10.7. The smallest absolute Gasteiger partial charge is 0.246 e. The molecule has 1 aliphatic rings. The van der Waals surface area contributed by atoms with Gasteiger partial charge in [0.15, 0.2) is 5.13 Å². The van der Waals surface area contributed by atoms with Crippen molar-refractivity contribution >= 4 is 39.9 Å². The van der Waals surface area contributed by atoms with Gasteiger partial charge in [-0.15, -0.1) is 11.3 Å². The fourth-order valence-corrected chi connectivity index (χ4v) is 3.50. The second-order valence-corrected chi connectivity index (χ2v) is 6.36. The van der Waals surface area contributed by atoms with E-state index in [0.29, 0.717) is 0 Å². The molecule has 6 nitrogen and oxygen atoms in total. The Balaban J connectivity index is 1.50. The first kappa shape index (κ1) is 15.1. The molecule has 22 heavy (non-hydrogen) atoms. The van der Waals surface area contributed by atoms with Crippen molar-refractivity contribution < 1.29 is 9.53 Å². The molecule has 0 spiro atoms. The van der Waals surface area contributed by atoms with E-state index in [9.17, 15) is 4.79 Å². The molecule has 1 aliphatic heterocycles. The summed E-state index contributed by atoms with van der Waals surface area (Å²) in [6, 6.07) is 1.94. The predicted molar refractivity (Wildman–Crippen MR) is 88.9 cm³/mol. The van der Waals surface area contributed by atoms with E-state index < -0.39 is 0 Å². The Bertz CT molecular complexity index is 633. The predicted octanol–water partition coefficient (Wildman–Crippen LogP) is 1.73. The molecule has 0 aromatic carbocycles. The lowest BCUT2D eigenvalue weighted by Crippen LogP contribution is -2.36. The Labute approximate surface area is 136 Å². The Morgan fingerprint density at radius 3 is 3.09 bits per heavy atom. The number of anilines is 1. The molecule has 1 fully saturated rings. The number of morpholine rings is 1. The number of thiophene rings is 1. The fraction of sp³-hybridized carbons (Fsp3) is 0.357. The van der Waals surface area contributed by atoms with Gasteiger partial charge in [0, 0.05) is 24.0 Å².